The van der Waals surface area contributed by atoms with E-state index in [9.17, 15) is 4.79 Å². The van der Waals surface area contributed by atoms with E-state index in [2.05, 4.69) is 34.5 Å². The van der Waals surface area contributed by atoms with Gasteiger partial charge in [0.2, 0.25) is 0 Å². The van der Waals surface area contributed by atoms with Crippen LogP contribution < -0.4 is 19.7 Å². The van der Waals surface area contributed by atoms with Crippen molar-refractivity contribution in [3.63, 3.8) is 0 Å². The van der Waals surface area contributed by atoms with E-state index in [1.54, 1.807) is 7.11 Å². The van der Waals surface area contributed by atoms with Crippen molar-refractivity contribution in [3.05, 3.63) is 89.5 Å². The van der Waals surface area contributed by atoms with Crippen molar-refractivity contribution in [1.29, 1.82) is 0 Å². The van der Waals surface area contributed by atoms with Crippen LogP contribution >= 0.6 is 0 Å². The molecule has 1 N–H and O–H groups in total. The summed E-state index contributed by atoms with van der Waals surface area (Å²) >= 11 is 0. The molecule has 1 aliphatic rings. The smallest absolute Gasteiger partial charge is 0.413 e. The highest BCUT2D eigenvalue weighted by Gasteiger charge is 2.20. The summed E-state index contributed by atoms with van der Waals surface area (Å²) in [7, 11) is 1.63. The summed E-state index contributed by atoms with van der Waals surface area (Å²) in [6, 6.07) is 23.8. The van der Waals surface area contributed by atoms with Gasteiger partial charge in [-0.05, 0) is 60.4 Å². The summed E-state index contributed by atoms with van der Waals surface area (Å²) in [4.78, 5) is 14.7. The molecule has 0 bridgehead atoms. The molecule has 0 spiro atoms. The predicted molar refractivity (Wildman–Crippen MR) is 118 cm³/mol. The zero-order chi connectivity index (χ0) is 20.9. The quantitative estimate of drug-likeness (QED) is 0.623. The zero-order valence-electron chi connectivity index (χ0n) is 17.3. The van der Waals surface area contributed by atoms with E-state index in [-0.39, 0.29) is 6.04 Å². The molecule has 0 saturated carbocycles. The number of carbonyl (C=O) groups is 1. The monoisotopic (exact) mass is 402 g/mol. The van der Waals surface area contributed by atoms with Crippen LogP contribution in [0.15, 0.2) is 72.8 Å². The molecule has 3 aromatic rings. The standard InChI is InChI=1S/C25H26N2O3/c1-18(20-9-6-10-22(15-20)29-2)26-25(28)30-23-11-12-24-21(16-23)13-14-27(24)17-19-7-4-3-5-8-19/h3-12,15-16,18H,13-14,17H2,1-2H3,(H,26,28). The van der Waals surface area contributed by atoms with Gasteiger partial charge in [0.25, 0.3) is 0 Å². The van der Waals surface area contributed by atoms with Crippen molar-refractivity contribution in [2.24, 2.45) is 0 Å². The summed E-state index contributed by atoms with van der Waals surface area (Å²) in [6.07, 6.45) is 0.477. The topological polar surface area (TPSA) is 50.8 Å². The van der Waals surface area contributed by atoms with Crippen LogP contribution in [0.3, 0.4) is 0 Å². The fourth-order valence-corrected chi connectivity index (χ4v) is 3.79. The van der Waals surface area contributed by atoms with E-state index >= 15 is 0 Å². The first kappa shape index (κ1) is 19.8. The Bertz CT molecular complexity index is 1020. The second kappa shape index (κ2) is 8.91. The van der Waals surface area contributed by atoms with Crippen molar-refractivity contribution < 1.29 is 14.3 Å². The van der Waals surface area contributed by atoms with Gasteiger partial charge in [-0.25, -0.2) is 4.79 Å². The Morgan fingerprint density at radius 2 is 1.87 bits per heavy atom. The highest BCUT2D eigenvalue weighted by atomic mass is 16.6. The third-order valence-corrected chi connectivity index (χ3v) is 5.40. The van der Waals surface area contributed by atoms with Crippen LogP contribution in [0.25, 0.3) is 0 Å². The Labute approximate surface area is 177 Å². The Kier molecular flexibility index (Phi) is 5.89. The summed E-state index contributed by atoms with van der Waals surface area (Å²) in [5.74, 6) is 1.32. The van der Waals surface area contributed by atoms with Crippen molar-refractivity contribution >= 4 is 11.8 Å². The molecular weight excluding hydrogens is 376 g/mol. The molecule has 1 atom stereocenters. The first-order valence-corrected chi connectivity index (χ1v) is 10.2. The number of fused-ring (bicyclic) bond motifs is 1. The lowest BCUT2D eigenvalue weighted by atomic mass is 10.1. The molecule has 1 unspecified atom stereocenters. The number of nitrogens with zero attached hydrogens (tertiary/aromatic N) is 1. The van der Waals surface area contributed by atoms with E-state index in [4.69, 9.17) is 9.47 Å². The van der Waals surface area contributed by atoms with Crippen molar-refractivity contribution in [2.45, 2.75) is 25.9 Å². The fourth-order valence-electron chi connectivity index (χ4n) is 3.79. The molecule has 1 aliphatic heterocycles. The molecule has 0 aromatic heterocycles. The number of amides is 1. The number of hydrogen-bond donors (Lipinski definition) is 1. The number of ether oxygens (including phenoxy) is 2. The summed E-state index contributed by atoms with van der Waals surface area (Å²) in [6.45, 7) is 3.76. The normalized spacial score (nSPS) is 13.5. The van der Waals surface area contributed by atoms with Crippen LogP contribution in [0.1, 0.15) is 29.7 Å². The Morgan fingerprint density at radius 1 is 1.03 bits per heavy atom. The largest absolute Gasteiger partial charge is 0.497 e. The predicted octanol–water partition coefficient (Wildman–Crippen LogP) is 5.11. The number of hydrogen-bond acceptors (Lipinski definition) is 4. The second-order valence-electron chi connectivity index (χ2n) is 7.48. The van der Waals surface area contributed by atoms with Crippen LogP contribution in [-0.4, -0.2) is 19.7 Å². The van der Waals surface area contributed by atoms with Crippen LogP contribution in [0, 0.1) is 0 Å². The van der Waals surface area contributed by atoms with Crippen LogP contribution in [0.4, 0.5) is 10.5 Å². The van der Waals surface area contributed by atoms with Gasteiger partial charge in [-0.2, -0.15) is 0 Å². The van der Waals surface area contributed by atoms with Gasteiger partial charge in [0, 0.05) is 18.8 Å². The average Bonchev–Trinajstić information content (AvgIpc) is 3.16. The van der Waals surface area contributed by atoms with Crippen molar-refractivity contribution in [2.75, 3.05) is 18.6 Å². The minimum Gasteiger partial charge on any atom is -0.497 e. The number of carbonyl (C=O) groups excluding carboxylic acids is 1. The van der Waals surface area contributed by atoms with E-state index in [1.807, 2.05) is 55.5 Å². The van der Waals surface area contributed by atoms with Gasteiger partial charge in [-0.3, -0.25) is 0 Å². The highest BCUT2D eigenvalue weighted by molar-refractivity contribution is 5.72. The molecular formula is C25H26N2O3. The molecule has 5 nitrogen and oxygen atoms in total. The molecule has 0 radical (unpaired) electrons. The maximum absolute atomic E-state index is 12.4. The number of anilines is 1. The van der Waals surface area contributed by atoms with Gasteiger partial charge in [0.1, 0.15) is 11.5 Å². The lowest BCUT2D eigenvalue weighted by Crippen LogP contribution is -2.29. The maximum atomic E-state index is 12.4. The molecule has 1 amide bonds. The summed E-state index contributed by atoms with van der Waals surface area (Å²) < 4.78 is 10.8. The number of benzene rings is 3. The second-order valence-corrected chi connectivity index (χ2v) is 7.48. The van der Waals surface area contributed by atoms with Crippen LogP contribution in [-0.2, 0) is 13.0 Å². The van der Waals surface area contributed by atoms with Crippen LogP contribution in [0.2, 0.25) is 0 Å². The van der Waals surface area contributed by atoms with Gasteiger partial charge in [0.15, 0.2) is 0 Å². The minimum absolute atomic E-state index is 0.191. The van der Waals surface area contributed by atoms with E-state index in [0.29, 0.717) is 5.75 Å². The first-order chi connectivity index (χ1) is 14.6. The molecule has 154 valence electrons. The van der Waals surface area contributed by atoms with Crippen LogP contribution in [0.5, 0.6) is 11.5 Å². The van der Waals surface area contributed by atoms with Crippen molar-refractivity contribution in [3.8, 4) is 11.5 Å². The number of rotatable bonds is 6. The highest BCUT2D eigenvalue weighted by Crippen LogP contribution is 2.32. The molecule has 4 rings (SSSR count). The lowest BCUT2D eigenvalue weighted by Gasteiger charge is -2.20. The molecule has 5 heteroatoms. The van der Waals surface area contributed by atoms with E-state index in [1.165, 1.54) is 16.8 Å². The Morgan fingerprint density at radius 3 is 2.67 bits per heavy atom. The maximum Gasteiger partial charge on any atom is 0.413 e. The van der Waals surface area contributed by atoms with Gasteiger partial charge >= 0.3 is 6.09 Å². The van der Waals surface area contributed by atoms with Gasteiger partial charge in [-0.1, -0.05) is 42.5 Å². The minimum atomic E-state index is -0.468. The van der Waals surface area contributed by atoms with E-state index < -0.39 is 6.09 Å². The van der Waals surface area contributed by atoms with Crippen molar-refractivity contribution in [1.82, 2.24) is 5.32 Å². The Hall–Kier alpha value is -3.47. The van der Waals surface area contributed by atoms with E-state index in [0.717, 1.165) is 30.8 Å². The molecule has 1 heterocycles. The molecule has 3 aromatic carbocycles. The third kappa shape index (κ3) is 4.57. The molecule has 30 heavy (non-hydrogen) atoms. The fraction of sp³-hybridized carbons (Fsp3) is 0.240. The van der Waals surface area contributed by atoms with Gasteiger partial charge in [-0.15, -0.1) is 0 Å². The average molecular weight is 402 g/mol. The number of nitrogens with one attached hydrogen (secondary N) is 1. The summed E-state index contributed by atoms with van der Waals surface area (Å²) in [5.41, 5.74) is 4.65. The van der Waals surface area contributed by atoms with Gasteiger partial charge < -0.3 is 19.7 Å². The molecule has 0 saturated heterocycles. The first-order valence-electron chi connectivity index (χ1n) is 10.2. The SMILES string of the molecule is COc1cccc(C(C)NC(=O)Oc2ccc3c(c2)CCN3Cc2ccccc2)c1. The zero-order valence-corrected chi connectivity index (χ0v) is 17.3. The molecule has 0 fully saturated rings. The molecule has 0 aliphatic carbocycles. The number of methoxy groups -OCH3 is 1. The Balaban J connectivity index is 1.38. The van der Waals surface area contributed by atoms with Gasteiger partial charge in [0.05, 0.1) is 13.2 Å². The third-order valence-electron chi connectivity index (χ3n) is 5.40. The lowest BCUT2D eigenvalue weighted by molar-refractivity contribution is 0.197. The summed E-state index contributed by atoms with van der Waals surface area (Å²) in [5, 5.41) is 2.88.